The van der Waals surface area contributed by atoms with Crippen molar-refractivity contribution >= 4 is 11.6 Å². The van der Waals surface area contributed by atoms with E-state index in [0.29, 0.717) is 0 Å². The molecule has 2 N–H and O–H groups in total. The van der Waals surface area contributed by atoms with Gasteiger partial charge in [0.25, 0.3) is 0 Å². The molecule has 1 aromatic carbocycles. The van der Waals surface area contributed by atoms with Crippen LogP contribution in [0.15, 0.2) is 42.5 Å². The molecule has 1 atom stereocenters. The third-order valence-electron chi connectivity index (χ3n) is 2.94. The molecule has 0 aliphatic rings. The molecule has 0 radical (unpaired) electrons. The molecule has 2 rings (SSSR count). The standard InChI is InChI=1S/C15H17ClN2/c1-2-13(17)10-14-4-3-5-15(18-14)11-6-8-12(16)9-7-11/h3-9,13H,2,10,17H2,1H3. The minimum absolute atomic E-state index is 0.179. The van der Waals surface area contributed by atoms with Crippen molar-refractivity contribution in [2.75, 3.05) is 0 Å². The quantitative estimate of drug-likeness (QED) is 0.911. The van der Waals surface area contributed by atoms with Crippen LogP contribution in [0.2, 0.25) is 5.02 Å². The fourth-order valence-corrected chi connectivity index (χ4v) is 1.91. The van der Waals surface area contributed by atoms with E-state index in [0.717, 1.165) is 34.8 Å². The first-order chi connectivity index (χ1) is 8.69. The molecule has 0 saturated carbocycles. The molecule has 1 heterocycles. The predicted octanol–water partition coefficient (Wildman–Crippen LogP) is 3.68. The minimum Gasteiger partial charge on any atom is -0.327 e. The first-order valence-corrected chi connectivity index (χ1v) is 6.54. The van der Waals surface area contributed by atoms with Gasteiger partial charge in [-0.25, -0.2) is 0 Å². The maximum atomic E-state index is 5.96. The van der Waals surface area contributed by atoms with Crippen LogP contribution in [0.5, 0.6) is 0 Å². The van der Waals surface area contributed by atoms with Crippen molar-refractivity contribution in [1.29, 1.82) is 0 Å². The highest BCUT2D eigenvalue weighted by Gasteiger charge is 2.05. The maximum Gasteiger partial charge on any atom is 0.0705 e. The summed E-state index contributed by atoms with van der Waals surface area (Å²) in [6.45, 7) is 2.09. The van der Waals surface area contributed by atoms with Crippen LogP contribution in [0, 0.1) is 0 Å². The topological polar surface area (TPSA) is 38.9 Å². The summed E-state index contributed by atoms with van der Waals surface area (Å²) in [6.07, 6.45) is 1.78. The highest BCUT2D eigenvalue weighted by Crippen LogP contribution is 2.20. The monoisotopic (exact) mass is 260 g/mol. The van der Waals surface area contributed by atoms with Gasteiger partial charge in [-0.2, -0.15) is 0 Å². The highest BCUT2D eigenvalue weighted by atomic mass is 35.5. The number of benzene rings is 1. The van der Waals surface area contributed by atoms with Crippen LogP contribution in [-0.4, -0.2) is 11.0 Å². The number of hydrogen-bond acceptors (Lipinski definition) is 2. The third-order valence-corrected chi connectivity index (χ3v) is 3.19. The Morgan fingerprint density at radius 1 is 1.17 bits per heavy atom. The summed E-state index contributed by atoms with van der Waals surface area (Å²) in [5.41, 5.74) is 9.04. The molecule has 0 fully saturated rings. The Labute approximate surface area is 113 Å². The largest absolute Gasteiger partial charge is 0.327 e. The van der Waals surface area contributed by atoms with E-state index in [1.165, 1.54) is 0 Å². The van der Waals surface area contributed by atoms with Crippen LogP contribution < -0.4 is 5.73 Å². The molecule has 1 unspecified atom stereocenters. The number of hydrogen-bond donors (Lipinski definition) is 1. The Morgan fingerprint density at radius 3 is 2.56 bits per heavy atom. The zero-order valence-electron chi connectivity index (χ0n) is 10.4. The Morgan fingerprint density at radius 2 is 1.89 bits per heavy atom. The molecule has 0 aliphatic carbocycles. The summed E-state index contributed by atoms with van der Waals surface area (Å²) >= 11 is 5.88. The van der Waals surface area contributed by atoms with Gasteiger partial charge in [0.2, 0.25) is 0 Å². The van der Waals surface area contributed by atoms with E-state index in [1.807, 2.05) is 42.5 Å². The van der Waals surface area contributed by atoms with Crippen molar-refractivity contribution in [3.63, 3.8) is 0 Å². The van der Waals surface area contributed by atoms with E-state index in [1.54, 1.807) is 0 Å². The summed E-state index contributed by atoms with van der Waals surface area (Å²) in [6, 6.07) is 13.9. The predicted molar refractivity (Wildman–Crippen MR) is 76.7 cm³/mol. The molecule has 18 heavy (non-hydrogen) atoms. The van der Waals surface area contributed by atoms with E-state index in [2.05, 4.69) is 11.9 Å². The van der Waals surface area contributed by atoms with Crippen LogP contribution in [0.4, 0.5) is 0 Å². The van der Waals surface area contributed by atoms with Crippen LogP contribution in [0.3, 0.4) is 0 Å². The van der Waals surface area contributed by atoms with E-state index < -0.39 is 0 Å². The van der Waals surface area contributed by atoms with E-state index in [9.17, 15) is 0 Å². The summed E-state index contributed by atoms with van der Waals surface area (Å²) in [4.78, 5) is 4.64. The smallest absolute Gasteiger partial charge is 0.0705 e. The average molecular weight is 261 g/mol. The van der Waals surface area contributed by atoms with Gasteiger partial charge >= 0.3 is 0 Å². The molecule has 94 valence electrons. The lowest BCUT2D eigenvalue weighted by Gasteiger charge is -2.09. The molecule has 2 nitrogen and oxygen atoms in total. The van der Waals surface area contributed by atoms with Gasteiger partial charge in [-0.1, -0.05) is 36.7 Å². The number of aromatic nitrogens is 1. The Bertz CT molecular complexity index is 508. The molecule has 0 amide bonds. The molecule has 0 bridgehead atoms. The normalized spacial score (nSPS) is 12.4. The number of nitrogens with zero attached hydrogens (tertiary/aromatic N) is 1. The van der Waals surface area contributed by atoms with Crippen LogP contribution >= 0.6 is 11.6 Å². The van der Waals surface area contributed by atoms with Crippen LogP contribution in [-0.2, 0) is 6.42 Å². The van der Waals surface area contributed by atoms with Crippen molar-refractivity contribution in [3.05, 3.63) is 53.2 Å². The lowest BCUT2D eigenvalue weighted by molar-refractivity contribution is 0.637. The first-order valence-electron chi connectivity index (χ1n) is 6.16. The fourth-order valence-electron chi connectivity index (χ4n) is 1.79. The molecule has 3 heteroatoms. The SMILES string of the molecule is CCC(N)Cc1cccc(-c2ccc(Cl)cc2)n1. The fraction of sp³-hybridized carbons (Fsp3) is 0.267. The van der Waals surface area contributed by atoms with E-state index in [-0.39, 0.29) is 6.04 Å². The Balaban J connectivity index is 2.24. The van der Waals surface area contributed by atoms with Gasteiger partial charge in [0.15, 0.2) is 0 Å². The van der Waals surface area contributed by atoms with Gasteiger partial charge in [0, 0.05) is 28.7 Å². The zero-order chi connectivity index (χ0) is 13.0. The van der Waals surface area contributed by atoms with Gasteiger partial charge < -0.3 is 5.73 Å². The molecule has 2 aromatic rings. The molecular weight excluding hydrogens is 244 g/mol. The van der Waals surface area contributed by atoms with Crippen molar-refractivity contribution in [3.8, 4) is 11.3 Å². The minimum atomic E-state index is 0.179. The number of pyridine rings is 1. The molecule has 0 aliphatic heterocycles. The molecule has 0 spiro atoms. The second-order valence-corrected chi connectivity index (χ2v) is 4.83. The Kier molecular flexibility index (Phi) is 4.34. The second kappa shape index (κ2) is 5.98. The lowest BCUT2D eigenvalue weighted by Crippen LogP contribution is -2.21. The maximum absolute atomic E-state index is 5.96. The van der Waals surface area contributed by atoms with Gasteiger partial charge in [0.1, 0.15) is 0 Å². The Hall–Kier alpha value is -1.38. The first kappa shape index (κ1) is 13.1. The molecular formula is C15H17ClN2. The summed E-state index contributed by atoms with van der Waals surface area (Å²) in [5.74, 6) is 0. The van der Waals surface area contributed by atoms with Crippen molar-refractivity contribution < 1.29 is 0 Å². The number of rotatable bonds is 4. The van der Waals surface area contributed by atoms with Gasteiger partial charge in [-0.05, 0) is 30.7 Å². The highest BCUT2D eigenvalue weighted by molar-refractivity contribution is 6.30. The molecule has 0 saturated heterocycles. The molecule has 1 aromatic heterocycles. The summed E-state index contributed by atoms with van der Waals surface area (Å²) in [7, 11) is 0. The number of halogens is 1. The second-order valence-electron chi connectivity index (χ2n) is 4.39. The van der Waals surface area contributed by atoms with E-state index in [4.69, 9.17) is 17.3 Å². The third kappa shape index (κ3) is 3.31. The van der Waals surface area contributed by atoms with Crippen molar-refractivity contribution in [2.24, 2.45) is 5.73 Å². The summed E-state index contributed by atoms with van der Waals surface area (Å²) < 4.78 is 0. The number of nitrogens with two attached hydrogens (primary N) is 1. The van der Waals surface area contributed by atoms with Crippen LogP contribution in [0.1, 0.15) is 19.0 Å². The zero-order valence-corrected chi connectivity index (χ0v) is 11.2. The van der Waals surface area contributed by atoms with Gasteiger partial charge in [-0.15, -0.1) is 0 Å². The lowest BCUT2D eigenvalue weighted by atomic mass is 10.1. The van der Waals surface area contributed by atoms with Gasteiger partial charge in [-0.3, -0.25) is 4.98 Å². The van der Waals surface area contributed by atoms with Crippen LogP contribution in [0.25, 0.3) is 11.3 Å². The van der Waals surface area contributed by atoms with Crippen molar-refractivity contribution in [2.45, 2.75) is 25.8 Å². The van der Waals surface area contributed by atoms with Gasteiger partial charge in [0.05, 0.1) is 5.69 Å². The van der Waals surface area contributed by atoms with Crippen molar-refractivity contribution in [1.82, 2.24) is 4.98 Å². The average Bonchev–Trinajstić information content (AvgIpc) is 2.40. The summed E-state index contributed by atoms with van der Waals surface area (Å²) in [5, 5.41) is 0.739. The van der Waals surface area contributed by atoms with E-state index >= 15 is 0 Å².